The third-order valence-corrected chi connectivity index (χ3v) is 2.00. The van der Waals surface area contributed by atoms with Gasteiger partial charge < -0.3 is 14.8 Å². The summed E-state index contributed by atoms with van der Waals surface area (Å²) in [5, 5.41) is 2.96. The van der Waals surface area contributed by atoms with Crippen molar-refractivity contribution >= 4 is 11.8 Å². The zero-order chi connectivity index (χ0) is 12.1. The molecule has 0 amide bonds. The van der Waals surface area contributed by atoms with E-state index in [-0.39, 0.29) is 0 Å². The van der Waals surface area contributed by atoms with Crippen molar-refractivity contribution in [1.29, 1.82) is 0 Å². The van der Waals surface area contributed by atoms with Gasteiger partial charge in [0.25, 0.3) is 0 Å². The Labute approximate surface area is 98.7 Å². The van der Waals surface area contributed by atoms with Crippen molar-refractivity contribution < 1.29 is 9.47 Å². The summed E-state index contributed by atoms with van der Waals surface area (Å²) in [5.41, 5.74) is 0. The van der Waals surface area contributed by atoms with E-state index in [4.69, 9.17) is 9.47 Å². The first-order valence-corrected chi connectivity index (χ1v) is 4.97. The maximum Gasteiger partial charge on any atom is 0.235 e. The summed E-state index contributed by atoms with van der Waals surface area (Å²) in [6.45, 7) is 0. The van der Waals surface area contributed by atoms with Gasteiger partial charge in [0.1, 0.15) is 5.82 Å². The summed E-state index contributed by atoms with van der Waals surface area (Å²) in [6.07, 6.45) is 1.68. The lowest BCUT2D eigenvalue weighted by Crippen LogP contribution is -2.01. The zero-order valence-corrected chi connectivity index (χ0v) is 9.54. The van der Waals surface area contributed by atoms with Crippen molar-refractivity contribution in [2.45, 2.75) is 0 Å². The zero-order valence-electron chi connectivity index (χ0n) is 9.54. The van der Waals surface area contributed by atoms with Crippen LogP contribution in [0.1, 0.15) is 0 Å². The molecule has 2 aromatic rings. The number of ether oxygens (including phenoxy) is 2. The molecule has 1 N–H and O–H groups in total. The molecule has 0 aliphatic carbocycles. The minimum atomic E-state index is 0.375. The Balaban J connectivity index is 2.26. The number of nitrogens with one attached hydrogen (secondary N) is 1. The van der Waals surface area contributed by atoms with Crippen molar-refractivity contribution in [2.24, 2.45) is 0 Å². The Kier molecular flexibility index (Phi) is 3.34. The molecule has 0 saturated heterocycles. The van der Waals surface area contributed by atoms with E-state index in [0.717, 1.165) is 0 Å². The van der Waals surface area contributed by atoms with Crippen LogP contribution < -0.4 is 14.8 Å². The molecule has 0 saturated carbocycles. The van der Waals surface area contributed by atoms with E-state index in [1.807, 2.05) is 18.2 Å². The molecule has 2 heterocycles. The van der Waals surface area contributed by atoms with Gasteiger partial charge >= 0.3 is 0 Å². The summed E-state index contributed by atoms with van der Waals surface area (Å²) in [5.74, 6) is 1.88. The van der Waals surface area contributed by atoms with Gasteiger partial charge in [0, 0.05) is 6.20 Å². The molecule has 0 spiro atoms. The number of rotatable bonds is 4. The summed E-state index contributed by atoms with van der Waals surface area (Å²) < 4.78 is 10.1. The van der Waals surface area contributed by atoms with Crippen molar-refractivity contribution in [3.63, 3.8) is 0 Å². The van der Waals surface area contributed by atoms with Gasteiger partial charge in [-0.25, -0.2) is 4.98 Å². The van der Waals surface area contributed by atoms with Crippen LogP contribution in [0, 0.1) is 0 Å². The molecule has 0 unspecified atom stereocenters. The van der Waals surface area contributed by atoms with Crippen molar-refractivity contribution in [3.8, 4) is 11.8 Å². The van der Waals surface area contributed by atoms with Crippen LogP contribution >= 0.6 is 0 Å². The predicted molar refractivity (Wildman–Crippen MR) is 62.7 cm³/mol. The molecule has 0 radical (unpaired) electrons. The normalized spacial score (nSPS) is 9.76. The molecule has 17 heavy (non-hydrogen) atoms. The number of anilines is 2. The number of hydrogen-bond acceptors (Lipinski definition) is 6. The molecule has 0 bridgehead atoms. The first-order chi connectivity index (χ1) is 8.31. The molecule has 0 atom stereocenters. The topological polar surface area (TPSA) is 69.2 Å². The van der Waals surface area contributed by atoms with Gasteiger partial charge in [-0.05, 0) is 12.1 Å². The lowest BCUT2D eigenvalue weighted by atomic mass is 10.5. The van der Waals surface area contributed by atoms with Crippen LogP contribution in [0.5, 0.6) is 11.8 Å². The highest BCUT2D eigenvalue weighted by molar-refractivity contribution is 5.48. The van der Waals surface area contributed by atoms with E-state index in [2.05, 4.69) is 20.3 Å². The number of aromatic nitrogens is 3. The molecular weight excluding hydrogens is 220 g/mol. The first-order valence-electron chi connectivity index (χ1n) is 4.97. The highest BCUT2D eigenvalue weighted by atomic mass is 16.5. The fraction of sp³-hybridized carbons (Fsp3) is 0.182. The van der Waals surface area contributed by atoms with E-state index in [0.29, 0.717) is 23.5 Å². The number of hydrogen-bond donors (Lipinski definition) is 1. The second-order valence-electron chi connectivity index (χ2n) is 3.12. The van der Waals surface area contributed by atoms with Crippen molar-refractivity contribution in [1.82, 2.24) is 15.0 Å². The fourth-order valence-corrected chi connectivity index (χ4v) is 1.22. The maximum atomic E-state index is 5.04. The van der Waals surface area contributed by atoms with Crippen molar-refractivity contribution in [3.05, 3.63) is 30.5 Å². The summed E-state index contributed by atoms with van der Waals surface area (Å²) in [4.78, 5) is 12.4. The second-order valence-corrected chi connectivity index (χ2v) is 3.12. The average molecular weight is 232 g/mol. The van der Waals surface area contributed by atoms with Gasteiger partial charge in [-0.3, -0.25) is 0 Å². The minimum Gasteiger partial charge on any atom is -0.481 e. The SMILES string of the molecule is COc1cc(OC)nc(Nc2ccccn2)n1. The molecule has 0 aliphatic heterocycles. The smallest absolute Gasteiger partial charge is 0.235 e. The van der Waals surface area contributed by atoms with Gasteiger partial charge in [-0.2, -0.15) is 9.97 Å². The average Bonchev–Trinajstić information content (AvgIpc) is 2.39. The van der Waals surface area contributed by atoms with E-state index in [1.165, 1.54) is 14.2 Å². The standard InChI is InChI=1S/C11H12N4O2/c1-16-9-7-10(17-2)15-11(14-9)13-8-5-3-4-6-12-8/h3-7H,1-2H3,(H,12,13,14,15). The molecule has 0 aliphatic rings. The maximum absolute atomic E-state index is 5.04. The van der Waals surface area contributed by atoms with Gasteiger partial charge in [0.15, 0.2) is 0 Å². The van der Waals surface area contributed by atoms with E-state index < -0.39 is 0 Å². The van der Waals surface area contributed by atoms with Crippen LogP contribution in [0.15, 0.2) is 30.5 Å². The Bertz CT molecular complexity index is 468. The lowest BCUT2D eigenvalue weighted by molar-refractivity contribution is 0.373. The highest BCUT2D eigenvalue weighted by Crippen LogP contribution is 2.19. The highest BCUT2D eigenvalue weighted by Gasteiger charge is 2.05. The second kappa shape index (κ2) is 5.11. The van der Waals surface area contributed by atoms with Gasteiger partial charge in [-0.15, -0.1) is 0 Å². The molecule has 2 rings (SSSR count). The molecular formula is C11H12N4O2. The molecule has 0 aromatic carbocycles. The minimum absolute atomic E-state index is 0.375. The summed E-state index contributed by atoms with van der Waals surface area (Å²) in [6, 6.07) is 7.11. The number of pyridine rings is 1. The molecule has 0 fully saturated rings. The first kappa shape index (κ1) is 11.1. The van der Waals surface area contributed by atoms with E-state index in [1.54, 1.807) is 12.3 Å². The Morgan fingerprint density at radius 1 is 1.06 bits per heavy atom. The van der Waals surface area contributed by atoms with Crippen LogP contribution in [0.3, 0.4) is 0 Å². The molecule has 6 heteroatoms. The molecule has 88 valence electrons. The Morgan fingerprint density at radius 2 is 1.76 bits per heavy atom. The quantitative estimate of drug-likeness (QED) is 0.864. The number of nitrogens with zero attached hydrogens (tertiary/aromatic N) is 3. The third-order valence-electron chi connectivity index (χ3n) is 2.00. The van der Waals surface area contributed by atoms with Crippen LogP contribution in [-0.4, -0.2) is 29.2 Å². The van der Waals surface area contributed by atoms with Crippen LogP contribution in [0.2, 0.25) is 0 Å². The monoisotopic (exact) mass is 232 g/mol. The van der Waals surface area contributed by atoms with Crippen LogP contribution in [-0.2, 0) is 0 Å². The van der Waals surface area contributed by atoms with Crippen LogP contribution in [0.4, 0.5) is 11.8 Å². The third kappa shape index (κ3) is 2.81. The predicted octanol–water partition coefficient (Wildman–Crippen LogP) is 1.63. The molecule has 6 nitrogen and oxygen atoms in total. The number of methoxy groups -OCH3 is 2. The fourth-order valence-electron chi connectivity index (χ4n) is 1.22. The van der Waals surface area contributed by atoms with Gasteiger partial charge in [-0.1, -0.05) is 6.07 Å². The molecule has 2 aromatic heterocycles. The Morgan fingerprint density at radius 3 is 2.29 bits per heavy atom. The van der Waals surface area contributed by atoms with Crippen LogP contribution in [0.25, 0.3) is 0 Å². The van der Waals surface area contributed by atoms with Gasteiger partial charge in [0.2, 0.25) is 17.7 Å². The van der Waals surface area contributed by atoms with E-state index >= 15 is 0 Å². The lowest BCUT2D eigenvalue weighted by Gasteiger charge is -2.07. The van der Waals surface area contributed by atoms with Gasteiger partial charge in [0.05, 0.1) is 20.3 Å². The summed E-state index contributed by atoms with van der Waals surface area (Å²) in [7, 11) is 3.07. The largest absolute Gasteiger partial charge is 0.481 e. The van der Waals surface area contributed by atoms with Crippen molar-refractivity contribution in [2.75, 3.05) is 19.5 Å². The summed E-state index contributed by atoms with van der Waals surface area (Å²) >= 11 is 0. The van der Waals surface area contributed by atoms with E-state index in [9.17, 15) is 0 Å². The Hall–Kier alpha value is -2.37.